The van der Waals surface area contributed by atoms with Crippen molar-refractivity contribution in [1.82, 2.24) is 5.32 Å². The number of hydrogen-bond donors (Lipinski definition) is 2. The van der Waals surface area contributed by atoms with Gasteiger partial charge in [0.15, 0.2) is 0 Å². The minimum atomic E-state index is 0.0144. The summed E-state index contributed by atoms with van der Waals surface area (Å²) in [5.74, 6) is 0.846. The third-order valence-electron chi connectivity index (χ3n) is 4.08. The summed E-state index contributed by atoms with van der Waals surface area (Å²) < 4.78 is 5.12. The van der Waals surface area contributed by atoms with Gasteiger partial charge in [0.25, 0.3) is 0 Å². The largest absolute Gasteiger partial charge is 0.497 e. The molecule has 2 aromatic rings. The molecule has 0 saturated carbocycles. The van der Waals surface area contributed by atoms with Crippen molar-refractivity contribution < 1.29 is 14.3 Å². The molecule has 0 radical (unpaired) electrons. The Morgan fingerprint density at radius 2 is 1.92 bits per heavy atom. The van der Waals surface area contributed by atoms with Crippen molar-refractivity contribution in [2.75, 3.05) is 12.4 Å². The lowest BCUT2D eigenvalue weighted by Crippen LogP contribution is -2.23. The van der Waals surface area contributed by atoms with Crippen molar-refractivity contribution in [2.45, 2.75) is 25.8 Å². The van der Waals surface area contributed by atoms with Crippen LogP contribution < -0.4 is 15.4 Å². The Kier molecular flexibility index (Phi) is 4.79. The number of nitrogens with one attached hydrogen (secondary N) is 2. The standard InChI is InChI=1S/C19H20N2O3/c1-24-16-6-2-13(3-7-16)5-9-18(22)20-12-14-4-8-17-15(10-14)11-19(23)21-17/h2-4,6-8,10H,5,9,11-12H2,1H3,(H,20,22)(H,21,23). The molecule has 1 aliphatic rings. The van der Waals surface area contributed by atoms with Crippen LogP contribution >= 0.6 is 0 Å². The summed E-state index contributed by atoms with van der Waals surface area (Å²) in [6.45, 7) is 0.475. The summed E-state index contributed by atoms with van der Waals surface area (Å²) in [6, 6.07) is 13.5. The number of amides is 2. The van der Waals surface area contributed by atoms with E-state index in [1.165, 1.54) is 0 Å². The first kappa shape index (κ1) is 16.1. The van der Waals surface area contributed by atoms with Gasteiger partial charge in [0.2, 0.25) is 11.8 Å². The summed E-state index contributed by atoms with van der Waals surface area (Å²) in [4.78, 5) is 23.3. The fourth-order valence-electron chi connectivity index (χ4n) is 2.73. The van der Waals surface area contributed by atoms with Gasteiger partial charge in [-0.1, -0.05) is 24.3 Å². The Balaban J connectivity index is 1.47. The highest BCUT2D eigenvalue weighted by Crippen LogP contribution is 2.23. The van der Waals surface area contributed by atoms with E-state index < -0.39 is 0 Å². The zero-order valence-electron chi connectivity index (χ0n) is 13.6. The van der Waals surface area contributed by atoms with Crippen LogP contribution in [0.15, 0.2) is 42.5 Å². The van der Waals surface area contributed by atoms with Crippen molar-refractivity contribution in [3.05, 3.63) is 59.2 Å². The number of carbonyl (C=O) groups is 2. The van der Waals surface area contributed by atoms with Gasteiger partial charge in [0, 0.05) is 18.7 Å². The van der Waals surface area contributed by atoms with Gasteiger partial charge < -0.3 is 15.4 Å². The molecule has 0 bridgehead atoms. The summed E-state index contributed by atoms with van der Waals surface area (Å²) in [5, 5.41) is 5.73. The molecule has 5 nitrogen and oxygen atoms in total. The number of methoxy groups -OCH3 is 1. The first-order valence-electron chi connectivity index (χ1n) is 7.95. The Morgan fingerprint density at radius 3 is 2.67 bits per heavy atom. The van der Waals surface area contributed by atoms with Crippen LogP contribution in [0.3, 0.4) is 0 Å². The minimum Gasteiger partial charge on any atom is -0.497 e. The molecule has 3 rings (SSSR count). The maximum Gasteiger partial charge on any atom is 0.228 e. The van der Waals surface area contributed by atoms with Crippen LogP contribution in [0.2, 0.25) is 0 Å². The molecule has 2 amide bonds. The van der Waals surface area contributed by atoms with Crippen molar-refractivity contribution in [3.8, 4) is 5.75 Å². The molecule has 0 fully saturated rings. The predicted molar refractivity (Wildman–Crippen MR) is 91.9 cm³/mol. The van der Waals surface area contributed by atoms with Crippen molar-refractivity contribution in [2.24, 2.45) is 0 Å². The van der Waals surface area contributed by atoms with Crippen LogP contribution in [0.25, 0.3) is 0 Å². The zero-order valence-corrected chi connectivity index (χ0v) is 13.6. The van der Waals surface area contributed by atoms with Crippen LogP contribution in [0.4, 0.5) is 5.69 Å². The molecular formula is C19H20N2O3. The molecule has 0 atom stereocenters. The lowest BCUT2D eigenvalue weighted by Gasteiger charge is -2.07. The van der Waals surface area contributed by atoms with Crippen LogP contribution in [-0.4, -0.2) is 18.9 Å². The second-order valence-corrected chi connectivity index (χ2v) is 5.84. The Morgan fingerprint density at radius 1 is 1.17 bits per heavy atom. The fraction of sp³-hybridized carbons (Fsp3) is 0.263. The van der Waals surface area contributed by atoms with E-state index in [2.05, 4.69) is 10.6 Å². The molecule has 2 aromatic carbocycles. The number of hydrogen-bond acceptors (Lipinski definition) is 3. The van der Waals surface area contributed by atoms with Crippen LogP contribution in [0.1, 0.15) is 23.1 Å². The van der Waals surface area contributed by atoms with E-state index in [1.54, 1.807) is 7.11 Å². The molecule has 0 spiro atoms. The smallest absolute Gasteiger partial charge is 0.228 e. The maximum atomic E-state index is 12.0. The molecule has 5 heteroatoms. The van der Waals surface area contributed by atoms with Crippen molar-refractivity contribution in [1.29, 1.82) is 0 Å². The van der Waals surface area contributed by atoms with Crippen LogP contribution in [0.5, 0.6) is 5.75 Å². The van der Waals surface area contributed by atoms with E-state index in [4.69, 9.17) is 4.74 Å². The van der Waals surface area contributed by atoms with E-state index >= 15 is 0 Å². The average Bonchev–Trinajstić information content (AvgIpc) is 2.97. The van der Waals surface area contributed by atoms with Crippen LogP contribution in [-0.2, 0) is 29.0 Å². The molecular weight excluding hydrogens is 304 g/mol. The second kappa shape index (κ2) is 7.17. The highest BCUT2D eigenvalue weighted by Gasteiger charge is 2.17. The topological polar surface area (TPSA) is 67.4 Å². The second-order valence-electron chi connectivity index (χ2n) is 5.84. The predicted octanol–water partition coefficient (Wildman–Crippen LogP) is 2.44. The van der Waals surface area contributed by atoms with Gasteiger partial charge in [-0.3, -0.25) is 9.59 Å². The Bertz CT molecular complexity index is 754. The number of fused-ring (bicyclic) bond motifs is 1. The van der Waals surface area contributed by atoms with Crippen molar-refractivity contribution in [3.63, 3.8) is 0 Å². The van der Waals surface area contributed by atoms with Gasteiger partial charge in [-0.05, 0) is 41.3 Å². The van der Waals surface area contributed by atoms with E-state index in [0.29, 0.717) is 25.8 Å². The van der Waals surface area contributed by atoms with Gasteiger partial charge in [0.05, 0.1) is 13.5 Å². The number of aryl methyl sites for hydroxylation is 1. The quantitative estimate of drug-likeness (QED) is 0.857. The van der Waals surface area contributed by atoms with Gasteiger partial charge in [-0.15, -0.1) is 0 Å². The molecule has 2 N–H and O–H groups in total. The first-order chi connectivity index (χ1) is 11.6. The molecule has 1 heterocycles. The van der Waals surface area contributed by atoms with E-state index in [-0.39, 0.29) is 11.8 Å². The summed E-state index contributed by atoms with van der Waals surface area (Å²) in [5.41, 5.74) is 3.97. The monoisotopic (exact) mass is 324 g/mol. The van der Waals surface area contributed by atoms with Gasteiger partial charge in [-0.25, -0.2) is 0 Å². The van der Waals surface area contributed by atoms with E-state index in [9.17, 15) is 9.59 Å². The number of benzene rings is 2. The third kappa shape index (κ3) is 3.93. The lowest BCUT2D eigenvalue weighted by atomic mass is 10.1. The summed E-state index contributed by atoms with van der Waals surface area (Å²) in [6.07, 6.45) is 1.55. The number of ether oxygens (including phenoxy) is 1. The number of anilines is 1. The zero-order chi connectivity index (χ0) is 16.9. The van der Waals surface area contributed by atoms with Gasteiger partial charge >= 0.3 is 0 Å². The van der Waals surface area contributed by atoms with E-state index in [1.807, 2.05) is 42.5 Å². The summed E-state index contributed by atoms with van der Waals surface area (Å²) in [7, 11) is 1.63. The Hall–Kier alpha value is -2.82. The van der Waals surface area contributed by atoms with Crippen LogP contribution in [0, 0.1) is 0 Å². The van der Waals surface area contributed by atoms with E-state index in [0.717, 1.165) is 28.1 Å². The molecule has 0 saturated heterocycles. The Labute approximate surface area is 141 Å². The van der Waals surface area contributed by atoms with Gasteiger partial charge in [0.1, 0.15) is 5.75 Å². The molecule has 0 unspecified atom stereocenters. The molecule has 124 valence electrons. The molecule has 0 aliphatic carbocycles. The lowest BCUT2D eigenvalue weighted by molar-refractivity contribution is -0.121. The first-order valence-corrected chi connectivity index (χ1v) is 7.95. The highest BCUT2D eigenvalue weighted by atomic mass is 16.5. The normalized spacial score (nSPS) is 12.5. The maximum absolute atomic E-state index is 12.0. The van der Waals surface area contributed by atoms with Gasteiger partial charge in [-0.2, -0.15) is 0 Å². The number of carbonyl (C=O) groups excluding carboxylic acids is 2. The molecule has 0 aromatic heterocycles. The minimum absolute atomic E-state index is 0.0144. The van der Waals surface area contributed by atoms with Crippen molar-refractivity contribution >= 4 is 17.5 Å². The summed E-state index contributed by atoms with van der Waals surface area (Å²) >= 11 is 0. The third-order valence-corrected chi connectivity index (χ3v) is 4.08. The number of rotatable bonds is 6. The molecule has 24 heavy (non-hydrogen) atoms. The average molecular weight is 324 g/mol. The molecule has 1 aliphatic heterocycles. The highest BCUT2D eigenvalue weighted by molar-refractivity contribution is 5.99. The fourth-order valence-corrected chi connectivity index (χ4v) is 2.73. The SMILES string of the molecule is COc1ccc(CCC(=O)NCc2ccc3c(c2)CC(=O)N3)cc1.